The second kappa shape index (κ2) is 8.10. The maximum Gasteiger partial charge on any atom is 0.387 e. The second-order valence-electron chi connectivity index (χ2n) is 6.32. The summed E-state index contributed by atoms with van der Waals surface area (Å²) in [5, 5.41) is 0. The Balaban J connectivity index is 1.47. The molecular weight excluding hydrogens is 386 g/mol. The number of ether oxygens (including phenoxy) is 1. The van der Waals surface area contributed by atoms with Crippen LogP contribution < -0.4 is 9.64 Å². The Morgan fingerprint density at radius 1 is 1.00 bits per heavy atom. The normalized spacial score (nSPS) is 15.2. The molecule has 8 heteroatoms. The van der Waals surface area contributed by atoms with Crippen molar-refractivity contribution in [3.05, 3.63) is 54.8 Å². The Kier molecular flexibility index (Phi) is 5.38. The molecule has 2 heterocycles. The summed E-state index contributed by atoms with van der Waals surface area (Å²) in [5.41, 5.74) is 3.37. The number of aromatic nitrogens is 1. The molecule has 0 amide bonds. The summed E-state index contributed by atoms with van der Waals surface area (Å²) in [6.45, 7) is -1.26. The van der Waals surface area contributed by atoms with Crippen LogP contribution in [-0.2, 0) is 10.8 Å². The van der Waals surface area contributed by atoms with E-state index in [0.717, 1.165) is 24.3 Å². The molecule has 1 saturated heterocycles. The number of alkyl halides is 2. The number of benzene rings is 2. The number of hydrogen-bond acceptors (Lipinski definition) is 5. The van der Waals surface area contributed by atoms with E-state index in [1.54, 1.807) is 18.4 Å². The first-order valence-corrected chi connectivity index (χ1v) is 10.3. The first kappa shape index (κ1) is 18.6. The van der Waals surface area contributed by atoms with Crippen molar-refractivity contribution < 1.29 is 22.1 Å². The number of halogens is 2. The van der Waals surface area contributed by atoms with Gasteiger partial charge in [-0.1, -0.05) is 12.1 Å². The number of rotatable bonds is 5. The van der Waals surface area contributed by atoms with Crippen molar-refractivity contribution in [2.75, 3.05) is 29.5 Å². The molecule has 5 nitrogen and oxygen atoms in total. The van der Waals surface area contributed by atoms with Gasteiger partial charge in [-0.25, -0.2) is 4.98 Å². The maximum atomic E-state index is 12.2. The van der Waals surface area contributed by atoms with E-state index in [-0.39, 0.29) is 5.75 Å². The first-order valence-electron chi connectivity index (χ1n) is 8.79. The third-order valence-electron chi connectivity index (χ3n) is 4.54. The molecule has 0 N–H and O–H groups in total. The summed E-state index contributed by atoms with van der Waals surface area (Å²) in [6, 6.07) is 14.1. The van der Waals surface area contributed by atoms with Gasteiger partial charge in [-0.2, -0.15) is 8.78 Å². The van der Waals surface area contributed by atoms with E-state index in [4.69, 9.17) is 4.42 Å². The van der Waals surface area contributed by atoms with Gasteiger partial charge in [-0.05, 0) is 36.4 Å². The minimum atomic E-state index is -2.85. The molecule has 1 aliphatic heterocycles. The minimum Gasteiger partial charge on any atom is -0.444 e. The molecule has 146 valence electrons. The van der Waals surface area contributed by atoms with Crippen LogP contribution in [0.4, 0.5) is 14.5 Å². The Hall–Kier alpha value is -2.74. The van der Waals surface area contributed by atoms with Gasteiger partial charge in [0, 0.05) is 52.2 Å². The lowest BCUT2D eigenvalue weighted by Gasteiger charge is -2.28. The van der Waals surface area contributed by atoms with Crippen LogP contribution in [-0.4, -0.2) is 40.4 Å². The third-order valence-corrected chi connectivity index (χ3v) is 5.81. The molecule has 2 aromatic carbocycles. The van der Waals surface area contributed by atoms with Crippen molar-refractivity contribution in [2.24, 2.45) is 0 Å². The summed E-state index contributed by atoms with van der Waals surface area (Å²) in [6.07, 6.45) is 1.57. The smallest absolute Gasteiger partial charge is 0.387 e. The van der Waals surface area contributed by atoms with Gasteiger partial charge in [0.05, 0.1) is 0 Å². The highest BCUT2D eigenvalue weighted by molar-refractivity contribution is 7.85. The van der Waals surface area contributed by atoms with Gasteiger partial charge in [-0.3, -0.25) is 4.21 Å². The van der Waals surface area contributed by atoms with Crippen LogP contribution in [0.15, 0.2) is 59.2 Å². The predicted octanol–water partition coefficient (Wildman–Crippen LogP) is 4.18. The Bertz CT molecular complexity index is 948. The lowest BCUT2D eigenvalue weighted by Crippen LogP contribution is -2.37. The van der Waals surface area contributed by atoms with Crippen LogP contribution >= 0.6 is 0 Å². The summed E-state index contributed by atoms with van der Waals surface area (Å²) in [4.78, 5) is 6.71. The molecule has 3 aromatic rings. The standard InChI is InChI=1S/C20H18F2N2O3S/c21-20(22)27-17-7-3-15(4-8-17)19-23-18(13-26-19)14-1-5-16(6-2-14)24-9-11-28(25)12-10-24/h1-8,13,20H,9-12H2. The Morgan fingerprint density at radius 3 is 2.29 bits per heavy atom. The van der Waals surface area contributed by atoms with E-state index >= 15 is 0 Å². The Labute approximate surface area is 163 Å². The minimum absolute atomic E-state index is 0.0858. The molecule has 1 aliphatic rings. The van der Waals surface area contributed by atoms with E-state index in [9.17, 15) is 13.0 Å². The van der Waals surface area contributed by atoms with Gasteiger partial charge in [0.1, 0.15) is 17.7 Å². The molecule has 0 bridgehead atoms. The van der Waals surface area contributed by atoms with Crippen molar-refractivity contribution in [3.8, 4) is 28.5 Å². The molecule has 0 radical (unpaired) electrons. The van der Waals surface area contributed by atoms with Gasteiger partial charge < -0.3 is 14.1 Å². The highest BCUT2D eigenvalue weighted by Crippen LogP contribution is 2.28. The van der Waals surface area contributed by atoms with Gasteiger partial charge in [0.2, 0.25) is 5.89 Å². The molecule has 0 atom stereocenters. The summed E-state index contributed by atoms with van der Waals surface area (Å²) in [5.74, 6) is 1.90. The SMILES string of the molecule is O=S1CCN(c2ccc(-c3coc(-c4ccc(OC(F)F)cc4)n3)cc2)CC1. The molecule has 4 rings (SSSR count). The highest BCUT2D eigenvalue weighted by Gasteiger charge is 2.16. The number of anilines is 1. The molecule has 1 aromatic heterocycles. The highest BCUT2D eigenvalue weighted by atomic mass is 32.2. The maximum absolute atomic E-state index is 12.2. The third kappa shape index (κ3) is 4.22. The zero-order valence-electron chi connectivity index (χ0n) is 14.9. The monoisotopic (exact) mass is 404 g/mol. The molecule has 0 spiro atoms. The molecule has 0 saturated carbocycles. The summed E-state index contributed by atoms with van der Waals surface area (Å²) >= 11 is 0. The number of oxazole rings is 1. The van der Waals surface area contributed by atoms with Gasteiger partial charge in [-0.15, -0.1) is 0 Å². The van der Waals surface area contributed by atoms with Gasteiger partial charge in [0.25, 0.3) is 0 Å². The van der Waals surface area contributed by atoms with Gasteiger partial charge >= 0.3 is 6.61 Å². The predicted molar refractivity (Wildman–Crippen MR) is 104 cm³/mol. The van der Waals surface area contributed by atoms with Crippen LogP contribution in [0.3, 0.4) is 0 Å². The summed E-state index contributed by atoms with van der Waals surface area (Å²) in [7, 11) is -0.698. The summed E-state index contributed by atoms with van der Waals surface area (Å²) < 4.78 is 45.8. The topological polar surface area (TPSA) is 55.6 Å². The number of nitrogens with zero attached hydrogens (tertiary/aromatic N) is 2. The molecule has 1 fully saturated rings. The van der Waals surface area contributed by atoms with Crippen molar-refractivity contribution in [1.29, 1.82) is 0 Å². The molecule has 0 unspecified atom stereocenters. The fourth-order valence-corrected chi connectivity index (χ4v) is 4.11. The molecular formula is C20H18F2N2O3S. The van der Waals surface area contributed by atoms with Gasteiger partial charge in [0.15, 0.2) is 0 Å². The Morgan fingerprint density at radius 2 is 1.64 bits per heavy atom. The van der Waals surface area contributed by atoms with Crippen molar-refractivity contribution in [2.45, 2.75) is 6.61 Å². The van der Waals surface area contributed by atoms with E-state index in [2.05, 4.69) is 14.6 Å². The zero-order chi connectivity index (χ0) is 19.5. The second-order valence-corrected chi connectivity index (χ2v) is 8.02. The van der Waals surface area contributed by atoms with E-state index < -0.39 is 17.4 Å². The lowest BCUT2D eigenvalue weighted by atomic mass is 10.1. The van der Waals surface area contributed by atoms with Crippen LogP contribution in [0.25, 0.3) is 22.7 Å². The first-order chi connectivity index (χ1) is 13.6. The lowest BCUT2D eigenvalue weighted by molar-refractivity contribution is -0.0498. The fraction of sp³-hybridized carbons (Fsp3) is 0.250. The van der Waals surface area contributed by atoms with E-state index in [1.165, 1.54) is 12.1 Å². The van der Waals surface area contributed by atoms with Crippen LogP contribution in [0.5, 0.6) is 5.75 Å². The fourth-order valence-electron chi connectivity index (χ4n) is 3.06. The van der Waals surface area contributed by atoms with Crippen LogP contribution in [0.1, 0.15) is 0 Å². The van der Waals surface area contributed by atoms with Crippen molar-refractivity contribution in [1.82, 2.24) is 4.98 Å². The van der Waals surface area contributed by atoms with Crippen LogP contribution in [0.2, 0.25) is 0 Å². The molecule has 0 aliphatic carbocycles. The van der Waals surface area contributed by atoms with Crippen LogP contribution in [0, 0.1) is 0 Å². The van der Waals surface area contributed by atoms with Crippen molar-refractivity contribution in [3.63, 3.8) is 0 Å². The average Bonchev–Trinajstić information content (AvgIpc) is 3.19. The largest absolute Gasteiger partial charge is 0.444 e. The zero-order valence-corrected chi connectivity index (χ0v) is 15.7. The number of hydrogen-bond donors (Lipinski definition) is 0. The average molecular weight is 404 g/mol. The van der Waals surface area contributed by atoms with E-state index in [1.807, 2.05) is 24.3 Å². The molecule has 28 heavy (non-hydrogen) atoms. The van der Waals surface area contributed by atoms with Crippen molar-refractivity contribution >= 4 is 16.5 Å². The van der Waals surface area contributed by atoms with E-state index in [0.29, 0.717) is 28.7 Å². The quantitative estimate of drug-likeness (QED) is 0.639.